The normalized spacial score (nSPS) is 11.6. The molecule has 0 fully saturated rings. The van der Waals surface area contributed by atoms with Crippen LogP contribution in [0.3, 0.4) is 0 Å². The molecule has 5 rings (SSSR count). The van der Waals surface area contributed by atoms with E-state index in [0.29, 0.717) is 40.0 Å². The zero-order valence-electron chi connectivity index (χ0n) is 18.5. The molecule has 0 atom stereocenters. The summed E-state index contributed by atoms with van der Waals surface area (Å²) in [5.74, 6) is 0.628. The van der Waals surface area contributed by atoms with Crippen LogP contribution in [0.2, 0.25) is 5.02 Å². The molecule has 5 aromatic rings. The molecule has 7 heteroatoms. The number of nitrogens with one attached hydrogen (secondary N) is 1. The molecule has 0 aliphatic heterocycles. The van der Waals surface area contributed by atoms with Gasteiger partial charge >= 0.3 is 0 Å². The maximum atomic E-state index is 13.2. The van der Waals surface area contributed by atoms with Crippen molar-refractivity contribution in [1.82, 2.24) is 9.55 Å². The Morgan fingerprint density at radius 1 is 1.06 bits per heavy atom. The van der Waals surface area contributed by atoms with Crippen LogP contribution < -0.4 is 10.3 Å². The Labute approximate surface area is 200 Å². The summed E-state index contributed by atoms with van der Waals surface area (Å²) < 4.78 is 6.61. The summed E-state index contributed by atoms with van der Waals surface area (Å²) in [6.07, 6.45) is 4.32. The third-order valence-electron chi connectivity index (χ3n) is 5.88. The first-order chi connectivity index (χ1) is 16.6. The molecule has 0 aliphatic carbocycles. The number of aromatic amines is 1. The summed E-state index contributed by atoms with van der Waals surface area (Å²) in [4.78, 5) is 21.0. The fraction of sp³-hybridized carbons (Fsp3) is 0.111. The van der Waals surface area contributed by atoms with Crippen LogP contribution in [0.25, 0.3) is 27.4 Å². The number of hydrogen-bond donors (Lipinski definition) is 2. The van der Waals surface area contributed by atoms with E-state index in [-0.39, 0.29) is 11.4 Å². The van der Waals surface area contributed by atoms with Gasteiger partial charge in [0, 0.05) is 45.7 Å². The molecule has 0 unspecified atom stereocenters. The number of ether oxygens (including phenoxy) is 1. The van der Waals surface area contributed by atoms with Gasteiger partial charge in [0.1, 0.15) is 5.75 Å². The first kappa shape index (κ1) is 21.8. The SMILES string of the molecule is COc1ccc2[nH]cc(CCN=Cc3c(O)n(-c4cccc(Cl)c4)c(=O)c4ccccc34)c2c1. The lowest BCUT2D eigenvalue weighted by Gasteiger charge is -2.14. The molecule has 0 bridgehead atoms. The molecular formula is C27H22ClN3O3. The molecule has 0 saturated carbocycles. The molecule has 0 radical (unpaired) electrons. The number of H-pyrrole nitrogens is 1. The lowest BCUT2D eigenvalue weighted by molar-refractivity contribution is 0.415. The van der Waals surface area contributed by atoms with Gasteiger partial charge < -0.3 is 14.8 Å². The van der Waals surface area contributed by atoms with Crippen LogP contribution in [0.4, 0.5) is 0 Å². The van der Waals surface area contributed by atoms with Crippen molar-refractivity contribution in [3.8, 4) is 17.3 Å². The quantitative estimate of drug-likeness (QED) is 0.321. The van der Waals surface area contributed by atoms with Gasteiger partial charge in [-0.15, -0.1) is 0 Å². The largest absolute Gasteiger partial charge is 0.497 e. The Balaban J connectivity index is 1.51. The lowest BCUT2D eigenvalue weighted by atomic mass is 10.1. The van der Waals surface area contributed by atoms with Crippen molar-refractivity contribution in [3.05, 3.63) is 99.4 Å². The Morgan fingerprint density at radius 2 is 1.88 bits per heavy atom. The minimum absolute atomic E-state index is 0.174. The smallest absolute Gasteiger partial charge is 0.265 e. The molecule has 0 aliphatic rings. The zero-order valence-corrected chi connectivity index (χ0v) is 19.2. The van der Waals surface area contributed by atoms with Crippen LogP contribution in [-0.2, 0) is 6.42 Å². The summed E-state index contributed by atoms with van der Waals surface area (Å²) in [6, 6.07) is 19.9. The zero-order chi connectivity index (χ0) is 23.7. The molecule has 34 heavy (non-hydrogen) atoms. The standard InChI is InChI=1S/C27H22ClN3O3/c1-34-20-9-10-25-23(14-20)17(15-30-25)11-12-29-16-24-21-7-2-3-8-22(21)26(32)31(27(24)33)19-6-4-5-18(28)13-19/h2-10,13-16,30,33H,11-12H2,1H3. The average molecular weight is 472 g/mol. The van der Waals surface area contributed by atoms with Crippen molar-refractivity contribution < 1.29 is 9.84 Å². The van der Waals surface area contributed by atoms with E-state index >= 15 is 0 Å². The fourth-order valence-electron chi connectivity index (χ4n) is 4.18. The van der Waals surface area contributed by atoms with E-state index in [9.17, 15) is 9.90 Å². The highest BCUT2D eigenvalue weighted by atomic mass is 35.5. The Kier molecular flexibility index (Phi) is 5.82. The van der Waals surface area contributed by atoms with Crippen LogP contribution >= 0.6 is 11.6 Å². The van der Waals surface area contributed by atoms with E-state index in [0.717, 1.165) is 22.2 Å². The van der Waals surface area contributed by atoms with Crippen LogP contribution in [0.1, 0.15) is 11.1 Å². The number of rotatable bonds is 6. The van der Waals surface area contributed by atoms with E-state index in [1.165, 1.54) is 4.57 Å². The molecule has 2 aromatic heterocycles. The van der Waals surface area contributed by atoms with Gasteiger partial charge in [-0.2, -0.15) is 0 Å². The summed E-state index contributed by atoms with van der Waals surface area (Å²) in [5.41, 5.74) is 2.82. The maximum Gasteiger partial charge on any atom is 0.265 e. The highest BCUT2D eigenvalue weighted by Gasteiger charge is 2.16. The third kappa shape index (κ3) is 3.93. The van der Waals surface area contributed by atoms with E-state index in [1.54, 1.807) is 49.7 Å². The van der Waals surface area contributed by atoms with Crippen molar-refractivity contribution in [2.45, 2.75) is 6.42 Å². The summed E-state index contributed by atoms with van der Waals surface area (Å²) in [5, 5.41) is 13.8. The van der Waals surface area contributed by atoms with Crippen LogP contribution in [0, 0.1) is 0 Å². The number of hydrogen-bond acceptors (Lipinski definition) is 4. The van der Waals surface area contributed by atoms with E-state index in [4.69, 9.17) is 16.3 Å². The number of fused-ring (bicyclic) bond motifs is 2. The Bertz CT molecular complexity index is 1600. The fourth-order valence-corrected chi connectivity index (χ4v) is 4.36. The lowest BCUT2D eigenvalue weighted by Crippen LogP contribution is -2.20. The summed E-state index contributed by atoms with van der Waals surface area (Å²) in [7, 11) is 1.65. The van der Waals surface area contributed by atoms with E-state index in [2.05, 4.69) is 9.98 Å². The topological polar surface area (TPSA) is 79.6 Å². The van der Waals surface area contributed by atoms with Gasteiger partial charge in [-0.1, -0.05) is 35.9 Å². The van der Waals surface area contributed by atoms with Crippen molar-refractivity contribution in [2.24, 2.45) is 4.99 Å². The number of aromatic nitrogens is 2. The van der Waals surface area contributed by atoms with Crippen molar-refractivity contribution in [3.63, 3.8) is 0 Å². The van der Waals surface area contributed by atoms with Crippen LogP contribution in [0.5, 0.6) is 11.6 Å². The molecule has 2 N–H and O–H groups in total. The van der Waals surface area contributed by atoms with Gasteiger partial charge in [-0.25, -0.2) is 4.57 Å². The van der Waals surface area contributed by atoms with Gasteiger partial charge in [0.2, 0.25) is 5.88 Å². The Morgan fingerprint density at radius 3 is 2.68 bits per heavy atom. The molecule has 2 heterocycles. The first-order valence-corrected chi connectivity index (χ1v) is 11.2. The molecule has 0 amide bonds. The van der Waals surface area contributed by atoms with Gasteiger partial charge in [0.15, 0.2) is 0 Å². The summed E-state index contributed by atoms with van der Waals surface area (Å²) >= 11 is 6.14. The number of nitrogens with zero attached hydrogens (tertiary/aromatic N) is 2. The number of halogens is 1. The number of benzene rings is 3. The predicted molar refractivity (Wildman–Crippen MR) is 137 cm³/mol. The van der Waals surface area contributed by atoms with E-state index < -0.39 is 0 Å². The van der Waals surface area contributed by atoms with Gasteiger partial charge in [-0.05, 0) is 54.4 Å². The molecule has 6 nitrogen and oxygen atoms in total. The molecule has 0 saturated heterocycles. The van der Waals surface area contributed by atoms with Crippen molar-refractivity contribution in [1.29, 1.82) is 0 Å². The monoisotopic (exact) mass is 471 g/mol. The van der Waals surface area contributed by atoms with E-state index in [1.807, 2.05) is 36.5 Å². The molecule has 3 aromatic carbocycles. The second-order valence-corrected chi connectivity index (χ2v) is 8.35. The average Bonchev–Trinajstić information content (AvgIpc) is 3.25. The minimum Gasteiger partial charge on any atom is -0.497 e. The number of aliphatic imine (C=N–C) groups is 1. The number of methoxy groups -OCH3 is 1. The predicted octanol–water partition coefficient (Wildman–Crippen LogP) is 5.50. The molecular weight excluding hydrogens is 450 g/mol. The first-order valence-electron chi connectivity index (χ1n) is 10.8. The number of pyridine rings is 1. The second kappa shape index (κ2) is 9.08. The van der Waals surface area contributed by atoms with Crippen molar-refractivity contribution in [2.75, 3.05) is 13.7 Å². The van der Waals surface area contributed by atoms with Crippen LogP contribution in [-0.4, -0.2) is 34.5 Å². The maximum absolute atomic E-state index is 13.2. The third-order valence-corrected chi connectivity index (χ3v) is 6.11. The number of aromatic hydroxyl groups is 1. The molecule has 0 spiro atoms. The second-order valence-electron chi connectivity index (χ2n) is 7.91. The van der Waals surface area contributed by atoms with Gasteiger partial charge in [0.05, 0.1) is 18.4 Å². The highest BCUT2D eigenvalue weighted by molar-refractivity contribution is 6.30. The molecule has 170 valence electrons. The minimum atomic E-state index is -0.319. The highest BCUT2D eigenvalue weighted by Crippen LogP contribution is 2.27. The van der Waals surface area contributed by atoms with Gasteiger partial charge in [0.25, 0.3) is 5.56 Å². The Hall–Kier alpha value is -4.03. The summed E-state index contributed by atoms with van der Waals surface area (Å²) in [6.45, 7) is 0.508. The van der Waals surface area contributed by atoms with Crippen LogP contribution in [0.15, 0.2) is 82.7 Å². The van der Waals surface area contributed by atoms with Gasteiger partial charge in [-0.3, -0.25) is 9.79 Å². The van der Waals surface area contributed by atoms with Crippen molar-refractivity contribution >= 4 is 39.5 Å².